The maximum Gasteiger partial charge on any atom is 0.243 e. The molecule has 1 heterocycles. The second kappa shape index (κ2) is 7.79. The highest BCUT2D eigenvalue weighted by atomic mass is 32.2. The third-order valence-electron chi connectivity index (χ3n) is 4.07. The van der Waals surface area contributed by atoms with E-state index < -0.39 is 10.0 Å². The smallest absolute Gasteiger partial charge is 0.243 e. The van der Waals surface area contributed by atoms with Gasteiger partial charge in [0.05, 0.1) is 12.0 Å². The lowest BCUT2D eigenvalue weighted by molar-refractivity contribution is -0.126. The van der Waals surface area contributed by atoms with Gasteiger partial charge in [-0.05, 0) is 43.5 Å². The first kappa shape index (κ1) is 17.7. The van der Waals surface area contributed by atoms with Crippen molar-refractivity contribution in [2.75, 3.05) is 26.7 Å². The van der Waals surface area contributed by atoms with Crippen LogP contribution in [-0.4, -0.2) is 45.4 Å². The number of amides is 1. The third kappa shape index (κ3) is 4.23. The lowest BCUT2D eigenvalue weighted by atomic mass is 9.97. The van der Waals surface area contributed by atoms with Crippen LogP contribution in [0.5, 0.6) is 5.75 Å². The molecule has 1 saturated heterocycles. The highest BCUT2D eigenvalue weighted by molar-refractivity contribution is 7.89. The molecule has 1 amide bonds. The minimum absolute atomic E-state index is 0.0355. The molecule has 6 nitrogen and oxygen atoms in total. The molecule has 1 aromatic rings. The van der Waals surface area contributed by atoms with Crippen molar-refractivity contribution in [2.24, 2.45) is 5.92 Å². The zero-order valence-electron chi connectivity index (χ0n) is 13.6. The Hall–Kier alpha value is -1.60. The molecule has 0 atom stereocenters. The Labute approximate surface area is 137 Å². The van der Waals surface area contributed by atoms with Gasteiger partial charge in [0.2, 0.25) is 15.9 Å². The summed E-state index contributed by atoms with van der Waals surface area (Å²) in [5.74, 6) is 0.562. The monoisotopic (exact) mass is 340 g/mol. The van der Waals surface area contributed by atoms with Crippen LogP contribution >= 0.6 is 0 Å². The van der Waals surface area contributed by atoms with Crippen molar-refractivity contribution in [2.45, 2.75) is 31.1 Å². The average molecular weight is 340 g/mol. The summed E-state index contributed by atoms with van der Waals surface area (Å²) in [6, 6.07) is 6.37. The highest BCUT2D eigenvalue weighted by Gasteiger charge is 2.31. The van der Waals surface area contributed by atoms with Crippen molar-refractivity contribution in [3.8, 4) is 5.75 Å². The van der Waals surface area contributed by atoms with Crippen molar-refractivity contribution in [3.63, 3.8) is 0 Å². The lowest BCUT2D eigenvalue weighted by Gasteiger charge is -2.30. The van der Waals surface area contributed by atoms with Crippen LogP contribution in [0, 0.1) is 5.92 Å². The summed E-state index contributed by atoms with van der Waals surface area (Å²) < 4.78 is 31.7. The standard InChI is InChI=1S/C16H24N2O4S/c1-3-10-17-16(19)13-8-11-18(12-9-13)23(20,21)15-6-4-14(22-2)5-7-15/h4-7,13H,3,8-12H2,1-2H3,(H,17,19). The molecule has 0 bridgehead atoms. The van der Waals surface area contributed by atoms with Crippen molar-refractivity contribution in [1.82, 2.24) is 9.62 Å². The van der Waals surface area contributed by atoms with Crippen molar-refractivity contribution < 1.29 is 17.9 Å². The van der Waals surface area contributed by atoms with Crippen LogP contribution in [0.1, 0.15) is 26.2 Å². The first-order chi connectivity index (χ1) is 11.0. The number of piperidine rings is 1. The minimum Gasteiger partial charge on any atom is -0.497 e. The quantitative estimate of drug-likeness (QED) is 0.854. The zero-order chi connectivity index (χ0) is 16.9. The number of benzene rings is 1. The summed E-state index contributed by atoms with van der Waals surface area (Å²) in [7, 11) is -1.97. The Kier molecular flexibility index (Phi) is 6.01. The molecule has 1 aliphatic heterocycles. The Balaban J connectivity index is 1.99. The van der Waals surface area contributed by atoms with Gasteiger partial charge in [-0.2, -0.15) is 4.31 Å². The van der Waals surface area contributed by atoms with Gasteiger partial charge in [0.1, 0.15) is 5.75 Å². The molecule has 0 aliphatic carbocycles. The summed E-state index contributed by atoms with van der Waals surface area (Å²) in [6.07, 6.45) is 2.02. The van der Waals surface area contributed by atoms with Gasteiger partial charge >= 0.3 is 0 Å². The van der Waals surface area contributed by atoms with Crippen molar-refractivity contribution in [1.29, 1.82) is 0 Å². The molecular weight excluding hydrogens is 316 g/mol. The van der Waals surface area contributed by atoms with E-state index in [1.807, 2.05) is 6.92 Å². The second-order valence-corrected chi connectivity index (χ2v) is 7.58. The summed E-state index contributed by atoms with van der Waals surface area (Å²) >= 11 is 0. The fourth-order valence-electron chi connectivity index (χ4n) is 2.65. The summed E-state index contributed by atoms with van der Waals surface area (Å²) in [5, 5.41) is 2.88. The van der Waals surface area contributed by atoms with E-state index in [0.717, 1.165) is 6.42 Å². The van der Waals surface area contributed by atoms with Gasteiger partial charge in [-0.3, -0.25) is 4.79 Å². The molecule has 0 saturated carbocycles. The fraction of sp³-hybridized carbons (Fsp3) is 0.562. The Bertz CT molecular complexity index is 620. The van der Waals surface area contributed by atoms with Crippen LogP contribution in [0.3, 0.4) is 0 Å². The normalized spacial score (nSPS) is 17.0. The Morgan fingerprint density at radius 1 is 1.26 bits per heavy atom. The number of nitrogens with one attached hydrogen (secondary N) is 1. The number of hydrogen-bond acceptors (Lipinski definition) is 4. The molecule has 1 N–H and O–H groups in total. The number of sulfonamides is 1. The number of carbonyl (C=O) groups is 1. The first-order valence-corrected chi connectivity index (χ1v) is 9.35. The minimum atomic E-state index is -3.51. The molecule has 0 radical (unpaired) electrons. The van der Waals surface area contributed by atoms with E-state index in [0.29, 0.717) is 38.2 Å². The number of rotatable bonds is 6. The van der Waals surface area contributed by atoms with Gasteiger partial charge in [0.25, 0.3) is 0 Å². The molecule has 0 spiro atoms. The molecule has 0 unspecified atom stereocenters. The molecule has 0 aromatic heterocycles. The van der Waals surface area contributed by atoms with E-state index in [1.165, 1.54) is 11.4 Å². The van der Waals surface area contributed by atoms with E-state index in [4.69, 9.17) is 4.74 Å². The van der Waals surface area contributed by atoms with Crippen LogP contribution < -0.4 is 10.1 Å². The van der Waals surface area contributed by atoms with Crippen molar-refractivity contribution in [3.05, 3.63) is 24.3 Å². The number of carbonyl (C=O) groups excluding carboxylic acids is 1. The number of nitrogens with zero attached hydrogens (tertiary/aromatic N) is 1. The maximum absolute atomic E-state index is 12.6. The predicted octanol–water partition coefficient (Wildman–Crippen LogP) is 1.62. The van der Waals surface area contributed by atoms with E-state index in [-0.39, 0.29) is 16.7 Å². The Morgan fingerprint density at radius 3 is 2.39 bits per heavy atom. The largest absolute Gasteiger partial charge is 0.497 e. The summed E-state index contributed by atoms with van der Waals surface area (Å²) in [5.41, 5.74) is 0. The molecule has 23 heavy (non-hydrogen) atoms. The maximum atomic E-state index is 12.6. The fourth-order valence-corrected chi connectivity index (χ4v) is 4.12. The van der Waals surface area contributed by atoms with E-state index >= 15 is 0 Å². The van der Waals surface area contributed by atoms with Crippen LogP contribution in [0.4, 0.5) is 0 Å². The second-order valence-electron chi connectivity index (χ2n) is 5.64. The molecule has 128 valence electrons. The first-order valence-electron chi connectivity index (χ1n) is 7.91. The number of hydrogen-bond donors (Lipinski definition) is 1. The molecular formula is C16H24N2O4S. The SMILES string of the molecule is CCCNC(=O)C1CCN(S(=O)(=O)c2ccc(OC)cc2)CC1. The topological polar surface area (TPSA) is 75.7 Å². The zero-order valence-corrected chi connectivity index (χ0v) is 14.4. The summed E-state index contributed by atoms with van der Waals surface area (Å²) in [4.78, 5) is 12.2. The predicted molar refractivity (Wildman–Crippen MR) is 87.8 cm³/mol. The van der Waals surface area contributed by atoms with Crippen LogP contribution in [0.2, 0.25) is 0 Å². The van der Waals surface area contributed by atoms with Crippen molar-refractivity contribution >= 4 is 15.9 Å². The van der Waals surface area contributed by atoms with Gasteiger partial charge in [-0.25, -0.2) is 8.42 Å². The number of methoxy groups -OCH3 is 1. The van der Waals surface area contributed by atoms with Crippen LogP contribution in [-0.2, 0) is 14.8 Å². The van der Waals surface area contributed by atoms with Gasteiger partial charge in [-0.15, -0.1) is 0 Å². The van der Waals surface area contributed by atoms with E-state index in [2.05, 4.69) is 5.32 Å². The molecule has 7 heteroatoms. The third-order valence-corrected chi connectivity index (χ3v) is 5.98. The number of ether oxygens (including phenoxy) is 1. The van der Waals surface area contributed by atoms with E-state index in [1.54, 1.807) is 24.3 Å². The van der Waals surface area contributed by atoms with Gasteiger partial charge < -0.3 is 10.1 Å². The molecule has 1 aromatic carbocycles. The van der Waals surface area contributed by atoms with Crippen LogP contribution in [0.15, 0.2) is 29.2 Å². The van der Waals surface area contributed by atoms with Gasteiger partial charge in [0, 0.05) is 25.6 Å². The van der Waals surface area contributed by atoms with E-state index in [9.17, 15) is 13.2 Å². The average Bonchev–Trinajstić information content (AvgIpc) is 2.59. The van der Waals surface area contributed by atoms with Gasteiger partial charge in [0.15, 0.2) is 0 Å². The molecule has 1 aliphatic rings. The summed E-state index contributed by atoms with van der Waals surface area (Å²) in [6.45, 7) is 3.42. The molecule has 1 fully saturated rings. The lowest BCUT2D eigenvalue weighted by Crippen LogP contribution is -2.43. The van der Waals surface area contributed by atoms with Crippen LogP contribution in [0.25, 0.3) is 0 Å². The van der Waals surface area contributed by atoms with Gasteiger partial charge in [-0.1, -0.05) is 6.92 Å². The molecule has 2 rings (SSSR count). The Morgan fingerprint density at radius 2 is 1.87 bits per heavy atom. The highest BCUT2D eigenvalue weighted by Crippen LogP contribution is 2.25.